The van der Waals surface area contributed by atoms with Crippen LogP contribution in [0.4, 0.5) is 13.2 Å². The van der Waals surface area contributed by atoms with Crippen molar-refractivity contribution in [1.29, 1.82) is 0 Å². The number of hydrogen-bond donors (Lipinski definition) is 1. The number of alkyl halides is 3. The van der Waals surface area contributed by atoms with Gasteiger partial charge in [0, 0.05) is 18.0 Å². The van der Waals surface area contributed by atoms with Crippen LogP contribution in [-0.2, 0) is 5.60 Å². The third-order valence-electron chi connectivity index (χ3n) is 3.00. The van der Waals surface area contributed by atoms with Crippen LogP contribution in [0.25, 0.3) is 0 Å². The third kappa shape index (κ3) is 2.34. The highest BCUT2D eigenvalue weighted by Gasteiger charge is 2.56. The fourth-order valence-electron chi connectivity index (χ4n) is 1.90. The van der Waals surface area contributed by atoms with Crippen LogP contribution >= 0.6 is 0 Å². The van der Waals surface area contributed by atoms with Gasteiger partial charge in [-0.25, -0.2) is 0 Å². The summed E-state index contributed by atoms with van der Waals surface area (Å²) in [6, 6.07) is 7.61. The lowest BCUT2D eigenvalue weighted by molar-refractivity contribution is -0.248. The van der Waals surface area contributed by atoms with Crippen LogP contribution in [0.3, 0.4) is 0 Å². The van der Waals surface area contributed by atoms with Crippen molar-refractivity contribution in [3.8, 4) is 5.75 Å². The van der Waals surface area contributed by atoms with Crippen molar-refractivity contribution in [2.24, 2.45) is 0 Å². The molecule has 0 amide bonds. The number of pyridine rings is 1. The molecule has 0 aliphatic rings. The summed E-state index contributed by atoms with van der Waals surface area (Å²) in [4.78, 5) is 3.64. The second-order valence-electron chi connectivity index (χ2n) is 4.18. The molecule has 1 aromatic carbocycles. The van der Waals surface area contributed by atoms with Crippen molar-refractivity contribution >= 4 is 0 Å². The zero-order valence-electron chi connectivity index (χ0n) is 10.6. The number of benzene rings is 1. The number of methoxy groups -OCH3 is 1. The molecule has 0 fully saturated rings. The van der Waals surface area contributed by atoms with E-state index in [1.807, 2.05) is 0 Å². The van der Waals surface area contributed by atoms with Gasteiger partial charge in [-0.2, -0.15) is 13.2 Å². The van der Waals surface area contributed by atoms with E-state index in [2.05, 4.69) is 4.98 Å². The van der Waals surface area contributed by atoms with Crippen LogP contribution < -0.4 is 4.74 Å². The molecule has 0 aliphatic heterocycles. The first kappa shape index (κ1) is 14.3. The van der Waals surface area contributed by atoms with Crippen molar-refractivity contribution < 1.29 is 23.0 Å². The predicted octanol–water partition coefficient (Wildman–Crippen LogP) is 2.89. The summed E-state index contributed by atoms with van der Waals surface area (Å²) in [6.45, 7) is 0. The van der Waals surface area contributed by atoms with Gasteiger partial charge in [0.1, 0.15) is 5.75 Å². The molecule has 2 aromatic rings. The zero-order valence-corrected chi connectivity index (χ0v) is 10.6. The minimum atomic E-state index is -4.87. The Kier molecular flexibility index (Phi) is 3.67. The molecule has 1 unspecified atom stereocenters. The number of aromatic nitrogens is 1. The van der Waals surface area contributed by atoms with Crippen LogP contribution in [0, 0.1) is 0 Å². The zero-order chi connectivity index (χ0) is 14.8. The Bertz CT molecular complexity index is 569. The molecule has 3 nitrogen and oxygen atoms in total. The highest BCUT2D eigenvalue weighted by atomic mass is 19.4. The van der Waals surface area contributed by atoms with E-state index in [9.17, 15) is 18.3 Å². The minimum absolute atomic E-state index is 0.293. The topological polar surface area (TPSA) is 42.4 Å². The quantitative estimate of drug-likeness (QED) is 0.941. The van der Waals surface area contributed by atoms with E-state index < -0.39 is 11.8 Å². The molecule has 1 heterocycles. The first-order valence-electron chi connectivity index (χ1n) is 5.73. The van der Waals surface area contributed by atoms with E-state index in [1.54, 1.807) is 0 Å². The number of hydrogen-bond acceptors (Lipinski definition) is 3. The Hall–Kier alpha value is -2.08. The van der Waals surface area contributed by atoms with Gasteiger partial charge in [-0.05, 0) is 23.8 Å². The van der Waals surface area contributed by atoms with Gasteiger partial charge in [0.05, 0.1) is 7.11 Å². The molecule has 1 N–H and O–H groups in total. The molecular formula is C14H12F3NO2. The number of rotatable bonds is 3. The molecule has 1 atom stereocenters. The lowest BCUT2D eigenvalue weighted by atomic mass is 9.86. The molecule has 0 aliphatic carbocycles. The average molecular weight is 283 g/mol. The van der Waals surface area contributed by atoms with Crippen LogP contribution in [0.15, 0.2) is 48.8 Å². The normalized spacial score (nSPS) is 14.7. The second kappa shape index (κ2) is 5.13. The maximum Gasteiger partial charge on any atom is 0.425 e. The van der Waals surface area contributed by atoms with E-state index >= 15 is 0 Å². The van der Waals surface area contributed by atoms with E-state index in [-0.39, 0.29) is 11.1 Å². The molecule has 0 saturated carbocycles. The summed E-state index contributed by atoms with van der Waals surface area (Å²) < 4.78 is 44.9. The molecule has 1 aromatic heterocycles. The monoisotopic (exact) mass is 283 g/mol. The first-order chi connectivity index (χ1) is 9.39. The van der Waals surface area contributed by atoms with Crippen molar-refractivity contribution in [2.45, 2.75) is 11.8 Å². The van der Waals surface area contributed by atoms with Crippen molar-refractivity contribution in [3.63, 3.8) is 0 Å². The molecule has 0 bridgehead atoms. The summed E-state index contributed by atoms with van der Waals surface area (Å²) in [5.41, 5.74) is -3.73. The van der Waals surface area contributed by atoms with E-state index in [4.69, 9.17) is 4.74 Å². The van der Waals surface area contributed by atoms with Gasteiger partial charge in [0.2, 0.25) is 5.60 Å². The van der Waals surface area contributed by atoms with Crippen LogP contribution in [0.1, 0.15) is 11.1 Å². The second-order valence-corrected chi connectivity index (χ2v) is 4.18. The molecule has 0 radical (unpaired) electrons. The van der Waals surface area contributed by atoms with Gasteiger partial charge in [-0.3, -0.25) is 4.98 Å². The lowest BCUT2D eigenvalue weighted by Gasteiger charge is -2.31. The average Bonchev–Trinajstić information content (AvgIpc) is 2.46. The van der Waals surface area contributed by atoms with Gasteiger partial charge in [0.25, 0.3) is 0 Å². The van der Waals surface area contributed by atoms with Crippen LogP contribution in [0.5, 0.6) is 5.75 Å². The molecule has 0 saturated heterocycles. The van der Waals surface area contributed by atoms with Crippen LogP contribution in [0.2, 0.25) is 0 Å². The fourth-order valence-corrected chi connectivity index (χ4v) is 1.90. The van der Waals surface area contributed by atoms with Gasteiger partial charge < -0.3 is 9.84 Å². The predicted molar refractivity (Wildman–Crippen MR) is 66.3 cm³/mol. The van der Waals surface area contributed by atoms with Crippen molar-refractivity contribution in [1.82, 2.24) is 4.98 Å². The molecule has 2 rings (SSSR count). The largest absolute Gasteiger partial charge is 0.497 e. The minimum Gasteiger partial charge on any atom is -0.497 e. The Balaban J connectivity index is 2.58. The van der Waals surface area contributed by atoms with E-state index in [1.165, 1.54) is 49.7 Å². The summed E-state index contributed by atoms with van der Waals surface area (Å²) in [7, 11) is 1.41. The standard InChI is InChI=1S/C14H12F3NO2/c1-20-12-6-4-10(5-7-12)13(19,14(15,16)17)11-3-2-8-18-9-11/h2-9,19H,1H3. The first-order valence-corrected chi connectivity index (χ1v) is 5.73. The SMILES string of the molecule is COc1ccc(C(O)(c2cccnc2)C(F)(F)F)cc1. The number of aliphatic hydroxyl groups is 1. The number of nitrogens with zero attached hydrogens (tertiary/aromatic N) is 1. The van der Waals surface area contributed by atoms with E-state index in [0.29, 0.717) is 5.75 Å². The van der Waals surface area contributed by atoms with Crippen molar-refractivity contribution in [3.05, 3.63) is 59.9 Å². The van der Waals surface area contributed by atoms with Crippen LogP contribution in [-0.4, -0.2) is 23.4 Å². The maximum absolute atomic E-state index is 13.3. The Morgan fingerprint density at radius 2 is 1.70 bits per heavy atom. The molecule has 0 spiro atoms. The van der Waals surface area contributed by atoms with Crippen molar-refractivity contribution in [2.75, 3.05) is 7.11 Å². The third-order valence-corrected chi connectivity index (χ3v) is 3.00. The van der Waals surface area contributed by atoms with Gasteiger partial charge in [-0.15, -0.1) is 0 Å². The maximum atomic E-state index is 13.3. The lowest BCUT2D eigenvalue weighted by Crippen LogP contribution is -2.43. The van der Waals surface area contributed by atoms with E-state index in [0.717, 1.165) is 6.20 Å². The van der Waals surface area contributed by atoms with Gasteiger partial charge in [0.15, 0.2) is 0 Å². The highest BCUT2D eigenvalue weighted by Crippen LogP contribution is 2.44. The molecular weight excluding hydrogens is 271 g/mol. The number of ether oxygens (including phenoxy) is 1. The Labute approximate surface area is 113 Å². The fraction of sp³-hybridized carbons (Fsp3) is 0.214. The molecule has 106 valence electrons. The number of halogens is 3. The Morgan fingerprint density at radius 1 is 1.05 bits per heavy atom. The van der Waals surface area contributed by atoms with Gasteiger partial charge in [-0.1, -0.05) is 18.2 Å². The summed E-state index contributed by atoms with van der Waals surface area (Å²) in [6.07, 6.45) is -2.53. The molecule has 6 heteroatoms. The summed E-state index contributed by atoms with van der Waals surface area (Å²) in [5.74, 6) is 0.407. The summed E-state index contributed by atoms with van der Waals surface area (Å²) >= 11 is 0. The Morgan fingerprint density at radius 3 is 2.15 bits per heavy atom. The summed E-state index contributed by atoms with van der Waals surface area (Å²) in [5, 5.41) is 10.2. The highest BCUT2D eigenvalue weighted by molar-refractivity contribution is 5.39. The van der Waals surface area contributed by atoms with Gasteiger partial charge >= 0.3 is 6.18 Å². The molecule has 20 heavy (non-hydrogen) atoms. The smallest absolute Gasteiger partial charge is 0.425 e.